The summed E-state index contributed by atoms with van der Waals surface area (Å²) in [6.07, 6.45) is 1.04. The predicted octanol–water partition coefficient (Wildman–Crippen LogP) is 3.51. The van der Waals surface area contributed by atoms with Crippen molar-refractivity contribution in [2.45, 2.75) is 57.2 Å². The van der Waals surface area contributed by atoms with E-state index in [1.54, 1.807) is 21.1 Å². The zero-order chi connectivity index (χ0) is 28.9. The average molecular weight is 573 g/mol. The molecule has 0 saturated carbocycles. The van der Waals surface area contributed by atoms with E-state index in [-0.39, 0.29) is 18.1 Å². The van der Waals surface area contributed by atoms with E-state index in [2.05, 4.69) is 52.7 Å². The fourth-order valence-electron chi connectivity index (χ4n) is 5.42. The van der Waals surface area contributed by atoms with Gasteiger partial charge in [0.25, 0.3) is 0 Å². The van der Waals surface area contributed by atoms with Gasteiger partial charge in [-0.15, -0.1) is 0 Å². The number of ether oxygens (including phenoxy) is 6. The molecule has 0 bridgehead atoms. The lowest BCUT2D eigenvalue weighted by Gasteiger charge is -2.39. The van der Waals surface area contributed by atoms with Gasteiger partial charge in [-0.25, -0.2) is 0 Å². The van der Waals surface area contributed by atoms with Crippen molar-refractivity contribution in [1.82, 2.24) is 5.32 Å². The zero-order valence-electron chi connectivity index (χ0n) is 24.9. The van der Waals surface area contributed by atoms with Crippen LogP contribution in [0.15, 0.2) is 42.5 Å². The number of fused-ring (bicyclic) bond motifs is 1. The third-order valence-electron chi connectivity index (χ3n) is 7.65. The highest BCUT2D eigenvalue weighted by Gasteiger charge is 2.36. The Morgan fingerprint density at radius 1 is 0.927 bits per heavy atom. The number of nitrogens with zero attached hydrogens (tertiary/aromatic N) is 1. The minimum absolute atomic E-state index is 0.0558. The summed E-state index contributed by atoms with van der Waals surface area (Å²) < 4.78 is 34.9. The van der Waals surface area contributed by atoms with Crippen LogP contribution in [0, 0.1) is 0 Å². The molecule has 0 spiro atoms. The highest BCUT2D eigenvalue weighted by Crippen LogP contribution is 2.34. The first-order chi connectivity index (χ1) is 20.1. The van der Waals surface area contributed by atoms with E-state index in [4.69, 9.17) is 28.4 Å². The van der Waals surface area contributed by atoms with Gasteiger partial charge in [0, 0.05) is 53.0 Å². The molecule has 4 atom stereocenters. The molecule has 1 unspecified atom stereocenters. The van der Waals surface area contributed by atoms with E-state index in [1.165, 1.54) is 5.56 Å². The van der Waals surface area contributed by atoms with Crippen LogP contribution >= 0.6 is 0 Å². The summed E-state index contributed by atoms with van der Waals surface area (Å²) in [6.45, 7) is 9.21. The molecule has 0 aromatic heterocycles. The topological polar surface area (TPSA) is 90.9 Å². The number of piperidine rings is 1. The van der Waals surface area contributed by atoms with Crippen molar-refractivity contribution in [3.05, 3.63) is 59.2 Å². The molecule has 2 aromatic carbocycles. The smallest absolute Gasteiger partial charge is 0.142 e. The number of aliphatic hydroxyl groups excluding tert-OH is 1. The molecule has 1 saturated heterocycles. The maximum Gasteiger partial charge on any atom is 0.142 e. The van der Waals surface area contributed by atoms with Crippen LogP contribution in [0.2, 0.25) is 0 Å². The Morgan fingerprint density at radius 2 is 1.68 bits per heavy atom. The van der Waals surface area contributed by atoms with E-state index in [1.807, 2.05) is 0 Å². The summed E-state index contributed by atoms with van der Waals surface area (Å²) in [6, 6.07) is 14.9. The van der Waals surface area contributed by atoms with Crippen LogP contribution in [-0.2, 0) is 36.9 Å². The molecule has 2 aromatic rings. The lowest BCUT2D eigenvalue weighted by Crippen LogP contribution is -2.50. The molecule has 9 heteroatoms. The molecule has 2 aliphatic heterocycles. The van der Waals surface area contributed by atoms with Crippen molar-refractivity contribution in [1.29, 1.82) is 0 Å². The number of hydrogen-bond acceptors (Lipinski definition) is 9. The van der Waals surface area contributed by atoms with Gasteiger partial charge in [-0.1, -0.05) is 30.3 Å². The largest absolute Gasteiger partial charge is 0.490 e. The molecule has 0 amide bonds. The molecule has 1 fully saturated rings. The third-order valence-corrected chi connectivity index (χ3v) is 7.65. The molecular weight excluding hydrogens is 524 g/mol. The minimum Gasteiger partial charge on any atom is -0.490 e. The molecule has 2 N–H and O–H groups in total. The summed E-state index contributed by atoms with van der Waals surface area (Å²) in [4.78, 5) is 2.37. The van der Waals surface area contributed by atoms with E-state index >= 15 is 0 Å². The first kappa shape index (κ1) is 31.7. The van der Waals surface area contributed by atoms with Crippen molar-refractivity contribution in [3.8, 4) is 5.75 Å². The SMILES string of the molecule is COCCCN1CCOc2ccc(CO[C@H]3CNC[C@@H](OCCC(C)O)[C@@H]3c3ccc(COCCOC)cc3)cc21. The summed E-state index contributed by atoms with van der Waals surface area (Å²) >= 11 is 0. The second-order valence-electron chi connectivity index (χ2n) is 10.9. The van der Waals surface area contributed by atoms with Crippen molar-refractivity contribution in [2.75, 3.05) is 78.3 Å². The van der Waals surface area contributed by atoms with Gasteiger partial charge in [-0.05, 0) is 48.6 Å². The number of nitrogens with one attached hydrogen (secondary N) is 1. The predicted molar refractivity (Wildman–Crippen MR) is 159 cm³/mol. The van der Waals surface area contributed by atoms with Gasteiger partial charge in [0.2, 0.25) is 0 Å². The normalized spacial score (nSPS) is 21.4. The Labute approximate surface area is 245 Å². The van der Waals surface area contributed by atoms with Crippen LogP contribution in [0.5, 0.6) is 5.75 Å². The molecule has 0 radical (unpaired) electrons. The highest BCUT2D eigenvalue weighted by molar-refractivity contribution is 5.61. The maximum atomic E-state index is 9.77. The molecule has 2 heterocycles. The van der Waals surface area contributed by atoms with Crippen LogP contribution in [0.3, 0.4) is 0 Å². The number of anilines is 1. The number of benzene rings is 2. The Morgan fingerprint density at radius 3 is 2.44 bits per heavy atom. The summed E-state index contributed by atoms with van der Waals surface area (Å²) in [5, 5.41) is 13.3. The van der Waals surface area contributed by atoms with Crippen molar-refractivity contribution >= 4 is 5.69 Å². The second-order valence-corrected chi connectivity index (χ2v) is 10.9. The van der Waals surface area contributed by atoms with Gasteiger partial charge in [-0.2, -0.15) is 0 Å². The second kappa shape index (κ2) is 17.0. The van der Waals surface area contributed by atoms with Gasteiger partial charge in [-0.3, -0.25) is 0 Å². The number of aliphatic hydroxyl groups is 1. The van der Waals surface area contributed by atoms with Gasteiger partial charge >= 0.3 is 0 Å². The first-order valence-electron chi connectivity index (χ1n) is 14.9. The maximum absolute atomic E-state index is 9.77. The van der Waals surface area contributed by atoms with Crippen LogP contribution in [0.4, 0.5) is 5.69 Å². The van der Waals surface area contributed by atoms with Crippen LogP contribution < -0.4 is 15.0 Å². The Bertz CT molecular complexity index is 1020. The Balaban J connectivity index is 1.45. The molecule has 41 heavy (non-hydrogen) atoms. The molecular formula is C32H48N2O7. The first-order valence-corrected chi connectivity index (χ1v) is 14.9. The third kappa shape index (κ3) is 9.64. The molecule has 0 aliphatic carbocycles. The van der Waals surface area contributed by atoms with Gasteiger partial charge in [0.1, 0.15) is 12.4 Å². The van der Waals surface area contributed by atoms with Crippen molar-refractivity contribution < 1.29 is 33.5 Å². The fraction of sp³-hybridized carbons (Fsp3) is 0.625. The molecule has 228 valence electrons. The van der Waals surface area contributed by atoms with E-state index in [0.717, 1.165) is 61.8 Å². The van der Waals surface area contributed by atoms with E-state index in [9.17, 15) is 5.11 Å². The standard InChI is InChI=1S/C32H48N2O7/c1-24(35)11-15-39-30-20-33-21-31(32(30)27-8-5-25(6-9-27)22-38-18-17-37-3)41-23-26-7-10-29-28(19-26)34(13-16-40-29)12-4-14-36-2/h5-10,19,24,30-33,35H,4,11-18,20-23H2,1-3H3/t24?,30-,31+,32+/m1/s1. The van der Waals surface area contributed by atoms with E-state index in [0.29, 0.717) is 46.1 Å². The molecule has 2 aliphatic rings. The lowest BCUT2D eigenvalue weighted by atomic mass is 9.85. The summed E-state index contributed by atoms with van der Waals surface area (Å²) in [5.41, 5.74) is 4.54. The quantitative estimate of drug-likeness (QED) is 0.276. The van der Waals surface area contributed by atoms with Crippen LogP contribution in [0.1, 0.15) is 42.4 Å². The highest BCUT2D eigenvalue weighted by atomic mass is 16.5. The Kier molecular flexibility index (Phi) is 13.2. The molecule has 4 rings (SSSR count). The monoisotopic (exact) mass is 572 g/mol. The van der Waals surface area contributed by atoms with E-state index < -0.39 is 6.10 Å². The van der Waals surface area contributed by atoms with Crippen LogP contribution in [0.25, 0.3) is 0 Å². The van der Waals surface area contributed by atoms with Crippen molar-refractivity contribution in [2.24, 2.45) is 0 Å². The summed E-state index contributed by atoms with van der Waals surface area (Å²) in [7, 11) is 3.42. The van der Waals surface area contributed by atoms with Gasteiger partial charge < -0.3 is 43.7 Å². The van der Waals surface area contributed by atoms with Crippen LogP contribution in [-0.4, -0.2) is 96.9 Å². The number of hydrogen-bond donors (Lipinski definition) is 2. The fourth-order valence-corrected chi connectivity index (χ4v) is 5.42. The molecule has 9 nitrogen and oxygen atoms in total. The lowest BCUT2D eigenvalue weighted by molar-refractivity contribution is -0.0639. The van der Waals surface area contributed by atoms with Gasteiger partial charge in [0.15, 0.2) is 0 Å². The Hall–Kier alpha value is -2.24. The van der Waals surface area contributed by atoms with Crippen molar-refractivity contribution in [3.63, 3.8) is 0 Å². The average Bonchev–Trinajstić information content (AvgIpc) is 2.99. The number of rotatable bonds is 17. The number of methoxy groups -OCH3 is 2. The zero-order valence-corrected chi connectivity index (χ0v) is 24.9. The van der Waals surface area contributed by atoms with Gasteiger partial charge in [0.05, 0.1) is 57.0 Å². The summed E-state index contributed by atoms with van der Waals surface area (Å²) in [5.74, 6) is 0.979. The minimum atomic E-state index is -0.392.